The second kappa shape index (κ2) is 6.16. The minimum absolute atomic E-state index is 0.0642. The Kier molecular flexibility index (Phi) is 4.85. The number of aromatic nitrogens is 2. The van der Waals surface area contributed by atoms with Crippen molar-refractivity contribution in [1.82, 2.24) is 9.97 Å². The van der Waals surface area contributed by atoms with Crippen LogP contribution in [0.2, 0.25) is 0 Å². The van der Waals surface area contributed by atoms with E-state index in [-0.39, 0.29) is 12.0 Å². The first-order valence-corrected chi connectivity index (χ1v) is 5.65. The number of aliphatic hydroxyl groups excluding tert-OH is 1. The van der Waals surface area contributed by atoms with E-state index in [1.165, 1.54) is 0 Å². The SMILES string of the molecule is CC(C)(CCCO)CNc1nccc(C#N)n1. The number of rotatable bonds is 6. The molecule has 0 saturated heterocycles. The fraction of sp³-hybridized carbons (Fsp3) is 0.583. The monoisotopic (exact) mass is 234 g/mol. The van der Waals surface area contributed by atoms with Crippen molar-refractivity contribution >= 4 is 5.95 Å². The molecule has 0 aliphatic heterocycles. The summed E-state index contributed by atoms with van der Waals surface area (Å²) in [5.74, 6) is 0.473. The number of hydrogen-bond donors (Lipinski definition) is 2. The molecule has 92 valence electrons. The molecule has 0 unspecified atom stereocenters. The first-order chi connectivity index (χ1) is 8.07. The summed E-state index contributed by atoms with van der Waals surface area (Å²) in [6, 6.07) is 3.55. The van der Waals surface area contributed by atoms with Crippen LogP contribution in [0, 0.1) is 16.7 Å². The normalized spacial score (nSPS) is 10.9. The van der Waals surface area contributed by atoms with Gasteiger partial charge in [-0.3, -0.25) is 0 Å². The molecule has 0 radical (unpaired) electrons. The van der Waals surface area contributed by atoms with Gasteiger partial charge in [0.1, 0.15) is 11.8 Å². The lowest BCUT2D eigenvalue weighted by atomic mass is 9.88. The van der Waals surface area contributed by atoms with Crippen molar-refractivity contribution in [3.05, 3.63) is 18.0 Å². The lowest BCUT2D eigenvalue weighted by molar-refractivity contribution is 0.247. The summed E-state index contributed by atoms with van der Waals surface area (Å²) >= 11 is 0. The molecule has 1 rings (SSSR count). The van der Waals surface area contributed by atoms with Gasteiger partial charge < -0.3 is 10.4 Å². The predicted octanol–water partition coefficient (Wildman–Crippen LogP) is 1.56. The van der Waals surface area contributed by atoms with Crippen LogP contribution in [0.25, 0.3) is 0 Å². The van der Waals surface area contributed by atoms with Crippen molar-refractivity contribution in [2.24, 2.45) is 5.41 Å². The third-order valence-corrected chi connectivity index (χ3v) is 2.51. The van der Waals surface area contributed by atoms with Gasteiger partial charge in [-0.15, -0.1) is 0 Å². The van der Waals surface area contributed by atoms with Gasteiger partial charge in [-0.05, 0) is 24.3 Å². The fourth-order valence-electron chi connectivity index (χ4n) is 1.47. The minimum Gasteiger partial charge on any atom is -0.396 e. The molecule has 17 heavy (non-hydrogen) atoms. The predicted molar refractivity (Wildman–Crippen MR) is 65.3 cm³/mol. The Balaban J connectivity index is 2.52. The number of hydrogen-bond acceptors (Lipinski definition) is 5. The van der Waals surface area contributed by atoms with E-state index in [4.69, 9.17) is 10.4 Å². The smallest absolute Gasteiger partial charge is 0.223 e. The standard InChI is InChI=1S/C12H18N4O/c1-12(2,5-3-7-17)9-15-11-14-6-4-10(8-13)16-11/h4,6,17H,3,5,7,9H2,1-2H3,(H,14,15,16). The van der Waals surface area contributed by atoms with Crippen molar-refractivity contribution in [3.8, 4) is 6.07 Å². The molecule has 0 atom stereocenters. The maximum Gasteiger partial charge on any atom is 0.223 e. The number of anilines is 1. The summed E-state index contributed by atoms with van der Waals surface area (Å²) in [5.41, 5.74) is 0.421. The largest absolute Gasteiger partial charge is 0.396 e. The molecule has 0 fully saturated rings. The molecule has 0 aromatic carbocycles. The van der Waals surface area contributed by atoms with Crippen LogP contribution in [0.1, 0.15) is 32.4 Å². The molecule has 0 spiro atoms. The Bertz CT molecular complexity index is 398. The van der Waals surface area contributed by atoms with E-state index < -0.39 is 0 Å². The van der Waals surface area contributed by atoms with Crippen LogP contribution in [-0.2, 0) is 0 Å². The Morgan fingerprint density at radius 2 is 2.29 bits per heavy atom. The Morgan fingerprint density at radius 3 is 2.94 bits per heavy atom. The molecule has 5 heteroatoms. The number of nitriles is 1. The molecule has 5 nitrogen and oxygen atoms in total. The van der Waals surface area contributed by atoms with E-state index in [0.717, 1.165) is 12.8 Å². The summed E-state index contributed by atoms with van der Waals surface area (Å²) in [6.07, 6.45) is 3.27. The van der Waals surface area contributed by atoms with Crippen LogP contribution >= 0.6 is 0 Å². The topological polar surface area (TPSA) is 81.8 Å². The zero-order chi connectivity index (χ0) is 12.7. The summed E-state index contributed by atoms with van der Waals surface area (Å²) in [7, 11) is 0. The lowest BCUT2D eigenvalue weighted by Crippen LogP contribution is -2.24. The molecule has 0 aliphatic carbocycles. The minimum atomic E-state index is 0.0642. The third kappa shape index (κ3) is 4.79. The van der Waals surface area contributed by atoms with Gasteiger partial charge in [0, 0.05) is 19.3 Å². The van der Waals surface area contributed by atoms with Crippen LogP contribution in [0.15, 0.2) is 12.3 Å². The average molecular weight is 234 g/mol. The van der Waals surface area contributed by atoms with Gasteiger partial charge in [0.25, 0.3) is 0 Å². The molecule has 1 aromatic rings. The molecule has 1 heterocycles. The van der Waals surface area contributed by atoms with E-state index in [2.05, 4.69) is 29.1 Å². The van der Waals surface area contributed by atoms with Crippen molar-refractivity contribution < 1.29 is 5.11 Å². The van der Waals surface area contributed by atoms with E-state index in [9.17, 15) is 0 Å². The Hall–Kier alpha value is -1.67. The Labute approximate surface area is 102 Å². The van der Waals surface area contributed by atoms with Crippen molar-refractivity contribution in [3.63, 3.8) is 0 Å². The van der Waals surface area contributed by atoms with E-state index in [1.54, 1.807) is 12.3 Å². The van der Waals surface area contributed by atoms with Gasteiger partial charge in [0.05, 0.1) is 0 Å². The summed E-state index contributed by atoms with van der Waals surface area (Å²) in [5, 5.41) is 20.6. The highest BCUT2D eigenvalue weighted by Crippen LogP contribution is 2.22. The Morgan fingerprint density at radius 1 is 1.53 bits per heavy atom. The van der Waals surface area contributed by atoms with E-state index in [0.29, 0.717) is 18.2 Å². The summed E-state index contributed by atoms with van der Waals surface area (Å²) in [6.45, 7) is 5.15. The zero-order valence-corrected chi connectivity index (χ0v) is 10.3. The number of nitrogens with one attached hydrogen (secondary N) is 1. The molecular weight excluding hydrogens is 216 g/mol. The van der Waals surface area contributed by atoms with Crippen LogP contribution in [0.5, 0.6) is 0 Å². The van der Waals surface area contributed by atoms with E-state index in [1.807, 2.05) is 6.07 Å². The third-order valence-electron chi connectivity index (χ3n) is 2.51. The molecule has 0 aliphatic rings. The van der Waals surface area contributed by atoms with Crippen molar-refractivity contribution in [2.45, 2.75) is 26.7 Å². The number of nitrogens with zero attached hydrogens (tertiary/aromatic N) is 3. The van der Waals surface area contributed by atoms with Crippen LogP contribution < -0.4 is 5.32 Å². The molecule has 1 aromatic heterocycles. The van der Waals surface area contributed by atoms with Gasteiger partial charge >= 0.3 is 0 Å². The van der Waals surface area contributed by atoms with Gasteiger partial charge in [-0.25, -0.2) is 9.97 Å². The second-order valence-electron chi connectivity index (χ2n) is 4.72. The molecule has 2 N–H and O–H groups in total. The molecule has 0 bridgehead atoms. The van der Waals surface area contributed by atoms with Crippen molar-refractivity contribution in [2.75, 3.05) is 18.5 Å². The highest BCUT2D eigenvalue weighted by molar-refractivity contribution is 5.30. The van der Waals surface area contributed by atoms with Gasteiger partial charge in [-0.2, -0.15) is 5.26 Å². The van der Waals surface area contributed by atoms with Crippen molar-refractivity contribution in [1.29, 1.82) is 5.26 Å². The molecular formula is C12H18N4O. The number of aliphatic hydroxyl groups is 1. The van der Waals surface area contributed by atoms with Crippen LogP contribution in [-0.4, -0.2) is 28.2 Å². The van der Waals surface area contributed by atoms with Gasteiger partial charge in [0.2, 0.25) is 5.95 Å². The lowest BCUT2D eigenvalue weighted by Gasteiger charge is -2.24. The molecule has 0 saturated carbocycles. The molecule has 0 amide bonds. The highest BCUT2D eigenvalue weighted by atomic mass is 16.2. The maximum atomic E-state index is 8.80. The summed E-state index contributed by atoms with van der Waals surface area (Å²) in [4.78, 5) is 8.09. The highest BCUT2D eigenvalue weighted by Gasteiger charge is 2.17. The first-order valence-electron chi connectivity index (χ1n) is 5.65. The maximum absolute atomic E-state index is 8.80. The average Bonchev–Trinajstić information content (AvgIpc) is 2.34. The van der Waals surface area contributed by atoms with Crippen LogP contribution in [0.4, 0.5) is 5.95 Å². The summed E-state index contributed by atoms with van der Waals surface area (Å²) < 4.78 is 0. The van der Waals surface area contributed by atoms with E-state index >= 15 is 0 Å². The zero-order valence-electron chi connectivity index (χ0n) is 10.3. The second-order valence-corrected chi connectivity index (χ2v) is 4.72. The fourth-order valence-corrected chi connectivity index (χ4v) is 1.47. The van der Waals surface area contributed by atoms with Gasteiger partial charge in [-0.1, -0.05) is 13.8 Å². The van der Waals surface area contributed by atoms with Gasteiger partial charge in [0.15, 0.2) is 0 Å². The van der Waals surface area contributed by atoms with Crippen LogP contribution in [0.3, 0.4) is 0 Å². The quantitative estimate of drug-likeness (QED) is 0.780. The first kappa shape index (κ1) is 13.4.